The smallest absolute Gasteiger partial charge is 0.00103 e. The highest BCUT2D eigenvalue weighted by molar-refractivity contribution is 5.18. The van der Waals surface area contributed by atoms with Crippen molar-refractivity contribution in [3.8, 4) is 0 Å². The second-order valence-electron chi connectivity index (χ2n) is 4.97. The predicted octanol–water partition coefficient (Wildman–Crippen LogP) is 6.31. The van der Waals surface area contributed by atoms with Crippen LogP contribution in [0.4, 0.5) is 0 Å². The van der Waals surface area contributed by atoms with Crippen LogP contribution in [0.3, 0.4) is 0 Å². The lowest BCUT2D eigenvalue weighted by atomic mass is 9.79. The Labute approximate surface area is 115 Å². The number of rotatable bonds is 9. The molecule has 0 saturated heterocycles. The summed E-state index contributed by atoms with van der Waals surface area (Å²) in [6.07, 6.45) is 12.8. The Morgan fingerprint density at radius 1 is 1.06 bits per heavy atom. The molecule has 0 bridgehead atoms. The van der Waals surface area contributed by atoms with E-state index in [1.165, 1.54) is 19.3 Å². The molecule has 18 heavy (non-hydrogen) atoms. The van der Waals surface area contributed by atoms with Gasteiger partial charge >= 0.3 is 0 Å². The Bertz CT molecular complexity index is 274. The largest absolute Gasteiger partial charge is 0.103 e. The normalized spacial score (nSPS) is 15.1. The summed E-state index contributed by atoms with van der Waals surface area (Å²) < 4.78 is 0. The molecule has 2 atom stereocenters. The lowest BCUT2D eigenvalue weighted by Crippen LogP contribution is -2.14. The zero-order chi connectivity index (χ0) is 14.0. The molecule has 0 heterocycles. The van der Waals surface area contributed by atoms with Gasteiger partial charge < -0.3 is 0 Å². The van der Waals surface area contributed by atoms with E-state index in [1.807, 2.05) is 0 Å². The second-order valence-corrected chi connectivity index (χ2v) is 4.97. The molecule has 0 aliphatic heterocycles. The molecule has 0 aromatic rings. The first-order valence-electron chi connectivity index (χ1n) is 7.63. The minimum Gasteiger partial charge on any atom is -0.103 e. The minimum absolute atomic E-state index is 0.609. The SMILES string of the molecule is C=CCC(CC)C(C=C(CC)CC)C(=CC)CC. The molecule has 0 aromatic heterocycles. The molecule has 104 valence electrons. The van der Waals surface area contributed by atoms with Crippen LogP contribution in [-0.4, -0.2) is 0 Å². The average molecular weight is 248 g/mol. The molecule has 0 heteroatoms. The molecule has 0 rings (SSSR count). The Kier molecular flexibility index (Phi) is 9.73. The van der Waals surface area contributed by atoms with Gasteiger partial charge in [0.05, 0.1) is 0 Å². The number of allylic oxidation sites excluding steroid dienone is 5. The Hall–Kier alpha value is -0.780. The van der Waals surface area contributed by atoms with E-state index in [1.54, 1.807) is 11.1 Å². The van der Waals surface area contributed by atoms with Crippen molar-refractivity contribution in [3.05, 3.63) is 36.0 Å². The van der Waals surface area contributed by atoms with E-state index in [0.29, 0.717) is 11.8 Å². The van der Waals surface area contributed by atoms with Gasteiger partial charge in [0.2, 0.25) is 0 Å². The lowest BCUT2D eigenvalue weighted by molar-refractivity contribution is 0.419. The van der Waals surface area contributed by atoms with Crippen LogP contribution < -0.4 is 0 Å². The number of hydrogen-bond acceptors (Lipinski definition) is 0. The maximum Gasteiger partial charge on any atom is 0.00103 e. The van der Waals surface area contributed by atoms with E-state index in [4.69, 9.17) is 0 Å². The fourth-order valence-electron chi connectivity index (χ4n) is 2.70. The van der Waals surface area contributed by atoms with Crippen molar-refractivity contribution < 1.29 is 0 Å². The highest BCUT2D eigenvalue weighted by Crippen LogP contribution is 2.31. The van der Waals surface area contributed by atoms with E-state index >= 15 is 0 Å². The molecule has 0 fully saturated rings. The fraction of sp³-hybridized carbons (Fsp3) is 0.667. The monoisotopic (exact) mass is 248 g/mol. The molecule has 0 saturated carbocycles. The van der Waals surface area contributed by atoms with Gasteiger partial charge in [0, 0.05) is 5.92 Å². The molecule has 0 aliphatic rings. The molecular formula is C18H32. The van der Waals surface area contributed by atoms with Crippen molar-refractivity contribution in [2.75, 3.05) is 0 Å². The van der Waals surface area contributed by atoms with Crippen LogP contribution in [0.2, 0.25) is 0 Å². The fourth-order valence-corrected chi connectivity index (χ4v) is 2.70. The summed E-state index contributed by atoms with van der Waals surface area (Å²) in [4.78, 5) is 0. The van der Waals surface area contributed by atoms with Crippen LogP contribution in [0.25, 0.3) is 0 Å². The first kappa shape index (κ1) is 17.2. The van der Waals surface area contributed by atoms with Gasteiger partial charge in [0.15, 0.2) is 0 Å². The summed E-state index contributed by atoms with van der Waals surface area (Å²) in [7, 11) is 0. The third-order valence-corrected chi connectivity index (χ3v) is 4.03. The average Bonchev–Trinajstić information content (AvgIpc) is 2.41. The zero-order valence-corrected chi connectivity index (χ0v) is 13.1. The van der Waals surface area contributed by atoms with Crippen molar-refractivity contribution in [1.29, 1.82) is 0 Å². The van der Waals surface area contributed by atoms with Crippen LogP contribution in [0.15, 0.2) is 36.0 Å². The lowest BCUT2D eigenvalue weighted by Gasteiger charge is -2.26. The molecule has 0 spiro atoms. The summed E-state index contributed by atoms with van der Waals surface area (Å²) in [6.45, 7) is 15.2. The summed E-state index contributed by atoms with van der Waals surface area (Å²) in [5, 5.41) is 0. The molecule has 0 nitrogen and oxygen atoms in total. The molecule has 0 N–H and O–H groups in total. The highest BCUT2D eigenvalue weighted by Gasteiger charge is 2.19. The Morgan fingerprint density at radius 3 is 2.00 bits per heavy atom. The quantitative estimate of drug-likeness (QED) is 0.419. The van der Waals surface area contributed by atoms with E-state index < -0.39 is 0 Å². The number of hydrogen-bond donors (Lipinski definition) is 0. The maximum atomic E-state index is 3.92. The van der Waals surface area contributed by atoms with Gasteiger partial charge in [-0.15, -0.1) is 6.58 Å². The van der Waals surface area contributed by atoms with Gasteiger partial charge in [-0.1, -0.05) is 63.5 Å². The van der Waals surface area contributed by atoms with Crippen molar-refractivity contribution >= 4 is 0 Å². The van der Waals surface area contributed by atoms with Crippen LogP contribution in [-0.2, 0) is 0 Å². The third-order valence-electron chi connectivity index (χ3n) is 4.03. The summed E-state index contributed by atoms with van der Waals surface area (Å²) in [5.41, 5.74) is 3.18. The van der Waals surface area contributed by atoms with Crippen LogP contribution in [0.1, 0.15) is 66.7 Å². The van der Waals surface area contributed by atoms with E-state index in [-0.39, 0.29) is 0 Å². The first-order chi connectivity index (χ1) is 8.68. The van der Waals surface area contributed by atoms with Gasteiger partial charge in [0.25, 0.3) is 0 Å². The highest BCUT2D eigenvalue weighted by atomic mass is 14.2. The molecule has 0 radical (unpaired) electrons. The van der Waals surface area contributed by atoms with Gasteiger partial charge in [-0.05, 0) is 38.5 Å². The van der Waals surface area contributed by atoms with Gasteiger partial charge in [-0.3, -0.25) is 0 Å². The molecule has 0 aromatic carbocycles. The van der Waals surface area contributed by atoms with E-state index in [2.05, 4.69) is 59.4 Å². The van der Waals surface area contributed by atoms with Crippen molar-refractivity contribution in [2.45, 2.75) is 66.7 Å². The molecule has 0 aliphatic carbocycles. The zero-order valence-electron chi connectivity index (χ0n) is 13.1. The standard InChI is InChI=1S/C18H32/c1-7-13-17(12-6)18(16(10-4)11-5)14-15(8-2)9-3/h7,10,14,17-18H,1,8-9,11-13H2,2-6H3. The molecule has 0 amide bonds. The first-order valence-corrected chi connectivity index (χ1v) is 7.63. The third kappa shape index (κ3) is 5.25. The summed E-state index contributed by atoms with van der Waals surface area (Å²) >= 11 is 0. The summed E-state index contributed by atoms with van der Waals surface area (Å²) in [5.74, 6) is 1.32. The second kappa shape index (κ2) is 10.2. The maximum absolute atomic E-state index is 3.92. The molecular weight excluding hydrogens is 216 g/mol. The minimum atomic E-state index is 0.609. The van der Waals surface area contributed by atoms with Crippen molar-refractivity contribution in [2.24, 2.45) is 11.8 Å². The summed E-state index contributed by atoms with van der Waals surface area (Å²) in [6, 6.07) is 0. The van der Waals surface area contributed by atoms with E-state index in [9.17, 15) is 0 Å². The Balaban J connectivity index is 5.26. The van der Waals surface area contributed by atoms with Gasteiger partial charge in [-0.25, -0.2) is 0 Å². The van der Waals surface area contributed by atoms with Crippen LogP contribution >= 0.6 is 0 Å². The van der Waals surface area contributed by atoms with Gasteiger partial charge in [-0.2, -0.15) is 0 Å². The van der Waals surface area contributed by atoms with Crippen LogP contribution in [0, 0.1) is 11.8 Å². The topological polar surface area (TPSA) is 0 Å². The van der Waals surface area contributed by atoms with E-state index in [0.717, 1.165) is 12.8 Å². The van der Waals surface area contributed by atoms with Gasteiger partial charge in [0.1, 0.15) is 0 Å². The van der Waals surface area contributed by atoms with Crippen LogP contribution in [0.5, 0.6) is 0 Å². The Morgan fingerprint density at radius 2 is 1.67 bits per heavy atom. The predicted molar refractivity (Wildman–Crippen MR) is 84.8 cm³/mol. The van der Waals surface area contributed by atoms with Crippen molar-refractivity contribution in [1.82, 2.24) is 0 Å². The van der Waals surface area contributed by atoms with Crippen molar-refractivity contribution in [3.63, 3.8) is 0 Å². The molecule has 2 unspecified atom stereocenters.